The number of halogens is 4. The summed E-state index contributed by atoms with van der Waals surface area (Å²) in [5.74, 6) is 0.438. The maximum atomic E-state index is 11.9. The molecule has 0 aromatic heterocycles. The van der Waals surface area contributed by atoms with Crippen LogP contribution in [-0.4, -0.2) is 4.98 Å². The highest BCUT2D eigenvalue weighted by Crippen LogP contribution is 2.37. The predicted octanol–water partition coefficient (Wildman–Crippen LogP) is 5.65. The van der Waals surface area contributed by atoms with E-state index >= 15 is 0 Å². The molecule has 102 valence electrons. The topological polar surface area (TPSA) is 43.1 Å². The van der Waals surface area contributed by atoms with E-state index in [1.807, 2.05) is 13.0 Å². The summed E-state index contributed by atoms with van der Waals surface area (Å²) in [6.45, 7) is 1.96. The van der Waals surface area contributed by atoms with E-state index in [0.717, 1.165) is 14.5 Å². The predicted molar refractivity (Wildman–Crippen MR) is 92.4 cm³/mol. The summed E-state index contributed by atoms with van der Waals surface area (Å²) in [5, 5.41) is 0. The molecule has 7 heteroatoms. The van der Waals surface area contributed by atoms with Crippen molar-refractivity contribution in [2.75, 3.05) is 0 Å². The molecule has 1 aromatic rings. The number of aromatic nitrogens is 1. The van der Waals surface area contributed by atoms with Crippen molar-refractivity contribution in [3.63, 3.8) is 0 Å². The standard InChI is InChI=1S/C13H5Br4NO2/c1-4-5(14)2-7-12(9(4)16)20-13-8(18-7)3-6(15)11(19)10(13)17/h2-3H,1H3. The average Bonchev–Trinajstić information content (AvgIpc) is 2.41. The van der Waals surface area contributed by atoms with Crippen molar-refractivity contribution >= 4 is 74.8 Å². The lowest BCUT2D eigenvalue weighted by Gasteiger charge is -2.11. The van der Waals surface area contributed by atoms with Crippen LogP contribution in [0.3, 0.4) is 0 Å². The minimum absolute atomic E-state index is 0.160. The lowest BCUT2D eigenvalue weighted by Crippen LogP contribution is -2.06. The normalized spacial score (nSPS) is 11.4. The molecular weight excluding hydrogens is 522 g/mol. The molecule has 0 radical (unpaired) electrons. The Morgan fingerprint density at radius 1 is 1.05 bits per heavy atom. The minimum atomic E-state index is -0.160. The molecule has 0 fully saturated rings. The summed E-state index contributed by atoms with van der Waals surface area (Å²) in [6, 6.07) is 3.55. The molecular formula is C13H5Br4NO2. The molecule has 0 saturated carbocycles. The van der Waals surface area contributed by atoms with Crippen LogP contribution in [0.1, 0.15) is 5.56 Å². The summed E-state index contributed by atoms with van der Waals surface area (Å²) in [5.41, 5.74) is 2.78. The second-order valence-electron chi connectivity index (χ2n) is 4.21. The summed E-state index contributed by atoms with van der Waals surface area (Å²) in [4.78, 5) is 16.5. The Kier molecular flexibility index (Phi) is 3.81. The number of benzene rings is 2. The van der Waals surface area contributed by atoms with Gasteiger partial charge in [-0.05, 0) is 72.4 Å². The van der Waals surface area contributed by atoms with Gasteiger partial charge in [0.2, 0.25) is 5.43 Å². The third-order valence-electron chi connectivity index (χ3n) is 2.94. The summed E-state index contributed by atoms with van der Waals surface area (Å²) in [7, 11) is 0. The van der Waals surface area contributed by atoms with Gasteiger partial charge in [0.05, 0.1) is 8.95 Å². The highest BCUT2D eigenvalue weighted by molar-refractivity contribution is 9.11. The fourth-order valence-corrected chi connectivity index (χ4v) is 4.20. The molecule has 0 unspecified atom stereocenters. The van der Waals surface area contributed by atoms with E-state index < -0.39 is 0 Å². The molecule has 20 heavy (non-hydrogen) atoms. The first-order chi connectivity index (χ1) is 9.40. The molecule has 3 rings (SSSR count). The molecule has 3 nitrogen and oxygen atoms in total. The lowest BCUT2D eigenvalue weighted by atomic mass is 10.2. The van der Waals surface area contributed by atoms with Crippen molar-refractivity contribution in [3.05, 3.63) is 45.8 Å². The molecule has 1 aliphatic carbocycles. The van der Waals surface area contributed by atoms with Gasteiger partial charge < -0.3 is 4.42 Å². The van der Waals surface area contributed by atoms with Crippen molar-refractivity contribution in [1.82, 2.24) is 4.98 Å². The smallest absolute Gasteiger partial charge is 0.210 e. The number of rotatable bonds is 0. The van der Waals surface area contributed by atoms with Crippen LogP contribution in [0.2, 0.25) is 0 Å². The SMILES string of the molecule is Cc1c(Br)cc2nc3cc(Br)c(=O)c(Br)c-3oc2c1Br. The average molecular weight is 527 g/mol. The minimum Gasteiger partial charge on any atom is -0.450 e. The first kappa shape index (κ1) is 14.7. The van der Waals surface area contributed by atoms with Crippen molar-refractivity contribution in [2.24, 2.45) is 0 Å². The summed E-state index contributed by atoms with van der Waals surface area (Å²) < 4.78 is 8.45. The van der Waals surface area contributed by atoms with Crippen molar-refractivity contribution in [3.8, 4) is 11.5 Å². The molecule has 1 aromatic carbocycles. The molecule has 0 amide bonds. The zero-order valence-corrected chi connectivity index (χ0v) is 16.3. The van der Waals surface area contributed by atoms with E-state index in [2.05, 4.69) is 68.7 Å². The number of nitrogens with zero attached hydrogens (tertiary/aromatic N) is 1. The second-order valence-corrected chi connectivity index (χ2v) is 7.50. The zero-order valence-electron chi connectivity index (χ0n) is 9.93. The highest BCUT2D eigenvalue weighted by atomic mass is 79.9. The number of fused-ring (bicyclic) bond motifs is 2. The first-order valence-electron chi connectivity index (χ1n) is 5.47. The van der Waals surface area contributed by atoms with E-state index in [0.29, 0.717) is 31.5 Å². The molecule has 0 saturated heterocycles. The fraction of sp³-hybridized carbons (Fsp3) is 0.0769. The van der Waals surface area contributed by atoms with Gasteiger partial charge in [-0.15, -0.1) is 0 Å². The zero-order chi connectivity index (χ0) is 14.6. The Hall–Kier alpha value is -0.240. The van der Waals surface area contributed by atoms with Crippen LogP contribution in [0.4, 0.5) is 0 Å². The van der Waals surface area contributed by atoms with Crippen LogP contribution < -0.4 is 5.43 Å². The Balaban J connectivity index is 2.55. The Bertz CT molecular complexity index is 888. The van der Waals surface area contributed by atoms with E-state index in [4.69, 9.17) is 4.42 Å². The van der Waals surface area contributed by atoms with Crippen molar-refractivity contribution < 1.29 is 4.42 Å². The molecule has 0 bridgehead atoms. The van der Waals surface area contributed by atoms with E-state index in [9.17, 15) is 4.79 Å². The number of hydrogen-bond acceptors (Lipinski definition) is 3. The van der Waals surface area contributed by atoms with E-state index in [1.165, 1.54) is 0 Å². The van der Waals surface area contributed by atoms with Gasteiger partial charge in [-0.25, -0.2) is 4.98 Å². The largest absolute Gasteiger partial charge is 0.450 e. The van der Waals surface area contributed by atoms with Gasteiger partial charge in [-0.3, -0.25) is 4.79 Å². The van der Waals surface area contributed by atoms with Gasteiger partial charge in [0.25, 0.3) is 0 Å². The third kappa shape index (κ3) is 2.19. The molecule has 0 N–H and O–H groups in total. The fourth-order valence-electron chi connectivity index (χ4n) is 1.85. The van der Waals surface area contributed by atoms with Crippen LogP contribution >= 0.6 is 63.7 Å². The maximum Gasteiger partial charge on any atom is 0.210 e. The van der Waals surface area contributed by atoms with Crippen LogP contribution in [0.25, 0.3) is 22.6 Å². The first-order valence-corrected chi connectivity index (χ1v) is 8.64. The number of hydrogen-bond donors (Lipinski definition) is 0. The Labute approximate surface area is 147 Å². The van der Waals surface area contributed by atoms with Crippen LogP contribution in [-0.2, 0) is 0 Å². The molecule has 2 aliphatic rings. The van der Waals surface area contributed by atoms with Gasteiger partial charge in [-0.2, -0.15) is 0 Å². The third-order valence-corrected chi connectivity index (χ3v) is 6.03. The highest BCUT2D eigenvalue weighted by Gasteiger charge is 2.20. The van der Waals surface area contributed by atoms with E-state index in [-0.39, 0.29) is 5.43 Å². The van der Waals surface area contributed by atoms with Gasteiger partial charge in [0.1, 0.15) is 15.7 Å². The van der Waals surface area contributed by atoms with Gasteiger partial charge >= 0.3 is 0 Å². The van der Waals surface area contributed by atoms with Crippen LogP contribution in [0.5, 0.6) is 0 Å². The summed E-state index contributed by atoms with van der Waals surface area (Å²) in [6.07, 6.45) is 0. The molecule has 1 aliphatic heterocycles. The summed E-state index contributed by atoms with van der Waals surface area (Å²) >= 11 is 13.5. The molecule has 0 atom stereocenters. The van der Waals surface area contributed by atoms with Crippen molar-refractivity contribution in [1.29, 1.82) is 0 Å². The van der Waals surface area contributed by atoms with Crippen molar-refractivity contribution in [2.45, 2.75) is 6.92 Å². The monoisotopic (exact) mass is 523 g/mol. The van der Waals surface area contributed by atoms with Crippen LogP contribution in [0, 0.1) is 6.92 Å². The Morgan fingerprint density at radius 2 is 1.75 bits per heavy atom. The maximum absolute atomic E-state index is 11.9. The quantitative estimate of drug-likeness (QED) is 0.356. The molecule has 1 heterocycles. The Morgan fingerprint density at radius 3 is 2.45 bits per heavy atom. The van der Waals surface area contributed by atoms with E-state index in [1.54, 1.807) is 6.07 Å². The second kappa shape index (κ2) is 5.19. The van der Waals surface area contributed by atoms with Gasteiger partial charge in [0, 0.05) is 4.47 Å². The van der Waals surface area contributed by atoms with Gasteiger partial charge in [0.15, 0.2) is 11.3 Å². The van der Waals surface area contributed by atoms with Crippen LogP contribution in [0.15, 0.2) is 39.2 Å². The lowest BCUT2D eigenvalue weighted by molar-refractivity contribution is 0.606. The van der Waals surface area contributed by atoms with Gasteiger partial charge in [-0.1, -0.05) is 15.9 Å². The molecule has 0 spiro atoms.